The number of benzene rings is 1. The molecular formula is C23H34N2O4. The van der Waals surface area contributed by atoms with Crippen molar-refractivity contribution in [2.45, 2.75) is 70.8 Å². The van der Waals surface area contributed by atoms with Crippen molar-refractivity contribution >= 4 is 11.8 Å². The van der Waals surface area contributed by atoms with Gasteiger partial charge in [0.25, 0.3) is 0 Å². The molecule has 6 nitrogen and oxygen atoms in total. The predicted molar refractivity (Wildman–Crippen MR) is 112 cm³/mol. The van der Waals surface area contributed by atoms with Crippen LogP contribution in [0.2, 0.25) is 0 Å². The standard InChI is InChI=1S/C23H34N2O4/c1-2-3-4-5-6-9-22(26)24-19(23(27)25-12-7-8-13-25)16-18-10-11-20-21(17-18)29-15-14-28-20/h10-11,17,19H,2-9,12-16H2,1H3,(H,24,26)/t19-/m0/s1. The van der Waals surface area contributed by atoms with E-state index < -0.39 is 6.04 Å². The maximum absolute atomic E-state index is 13.0. The van der Waals surface area contributed by atoms with E-state index in [1.54, 1.807) is 0 Å². The Bertz CT molecular complexity index is 685. The number of fused-ring (bicyclic) bond motifs is 1. The summed E-state index contributed by atoms with van der Waals surface area (Å²) in [6, 6.07) is 5.24. The van der Waals surface area contributed by atoms with Gasteiger partial charge in [-0.1, -0.05) is 38.7 Å². The highest BCUT2D eigenvalue weighted by Gasteiger charge is 2.28. The van der Waals surface area contributed by atoms with Gasteiger partial charge in [0, 0.05) is 25.9 Å². The van der Waals surface area contributed by atoms with Gasteiger partial charge in [-0.2, -0.15) is 0 Å². The van der Waals surface area contributed by atoms with E-state index in [1.807, 2.05) is 23.1 Å². The third kappa shape index (κ3) is 6.38. The Morgan fingerprint density at radius 2 is 1.76 bits per heavy atom. The molecule has 0 spiro atoms. The van der Waals surface area contributed by atoms with Crippen LogP contribution in [0, 0.1) is 0 Å². The number of hydrogen-bond donors (Lipinski definition) is 1. The lowest BCUT2D eigenvalue weighted by Gasteiger charge is -2.25. The Morgan fingerprint density at radius 1 is 1.03 bits per heavy atom. The van der Waals surface area contributed by atoms with Crippen LogP contribution in [-0.4, -0.2) is 49.1 Å². The van der Waals surface area contributed by atoms with Crippen LogP contribution in [0.1, 0.15) is 63.9 Å². The topological polar surface area (TPSA) is 67.9 Å². The second kappa shape index (κ2) is 11.1. The Balaban J connectivity index is 1.61. The summed E-state index contributed by atoms with van der Waals surface area (Å²) in [5.41, 5.74) is 0.968. The van der Waals surface area contributed by atoms with Crippen LogP contribution >= 0.6 is 0 Å². The van der Waals surface area contributed by atoms with Crippen LogP contribution in [0.5, 0.6) is 11.5 Å². The lowest BCUT2D eigenvalue weighted by atomic mass is 10.0. The molecule has 3 rings (SSSR count). The van der Waals surface area contributed by atoms with E-state index in [2.05, 4.69) is 12.2 Å². The molecule has 160 valence electrons. The number of ether oxygens (including phenoxy) is 2. The minimum atomic E-state index is -0.529. The summed E-state index contributed by atoms with van der Waals surface area (Å²) in [7, 11) is 0. The van der Waals surface area contributed by atoms with Gasteiger partial charge in [0.05, 0.1) is 0 Å². The molecule has 2 aliphatic heterocycles. The molecule has 1 aromatic rings. The Morgan fingerprint density at radius 3 is 2.52 bits per heavy atom. The molecule has 0 aromatic heterocycles. The highest BCUT2D eigenvalue weighted by molar-refractivity contribution is 5.88. The highest BCUT2D eigenvalue weighted by Crippen LogP contribution is 2.31. The molecule has 1 aromatic carbocycles. The van der Waals surface area contributed by atoms with Gasteiger partial charge in [-0.05, 0) is 37.0 Å². The summed E-state index contributed by atoms with van der Waals surface area (Å²) in [5.74, 6) is 1.44. The fourth-order valence-corrected chi connectivity index (χ4v) is 3.96. The SMILES string of the molecule is CCCCCCCC(=O)N[C@@H](Cc1ccc2c(c1)OCCO2)C(=O)N1CCCC1. The fraction of sp³-hybridized carbons (Fsp3) is 0.652. The van der Waals surface area contributed by atoms with Crippen LogP contribution in [-0.2, 0) is 16.0 Å². The van der Waals surface area contributed by atoms with Gasteiger partial charge in [0.2, 0.25) is 11.8 Å². The first kappa shape index (κ1) is 21.5. The van der Waals surface area contributed by atoms with Gasteiger partial charge < -0.3 is 19.7 Å². The lowest BCUT2D eigenvalue weighted by molar-refractivity contribution is -0.135. The molecular weight excluding hydrogens is 368 g/mol. The third-order valence-corrected chi connectivity index (χ3v) is 5.60. The zero-order valence-corrected chi connectivity index (χ0v) is 17.6. The zero-order chi connectivity index (χ0) is 20.5. The van der Waals surface area contributed by atoms with Crippen molar-refractivity contribution in [1.82, 2.24) is 10.2 Å². The maximum atomic E-state index is 13.0. The number of nitrogens with zero attached hydrogens (tertiary/aromatic N) is 1. The molecule has 1 atom stereocenters. The number of carbonyl (C=O) groups is 2. The monoisotopic (exact) mass is 402 g/mol. The Hall–Kier alpha value is -2.24. The number of hydrogen-bond acceptors (Lipinski definition) is 4. The predicted octanol–water partition coefficient (Wildman–Crippen LogP) is 3.47. The highest BCUT2D eigenvalue weighted by atomic mass is 16.6. The number of amides is 2. The van der Waals surface area contributed by atoms with Crippen molar-refractivity contribution < 1.29 is 19.1 Å². The quantitative estimate of drug-likeness (QED) is 0.609. The van der Waals surface area contributed by atoms with Crippen molar-refractivity contribution in [3.63, 3.8) is 0 Å². The molecule has 0 radical (unpaired) electrons. The molecule has 2 amide bonds. The van der Waals surface area contributed by atoms with Gasteiger partial charge in [-0.25, -0.2) is 0 Å². The van der Waals surface area contributed by atoms with Gasteiger partial charge in [-0.3, -0.25) is 9.59 Å². The lowest BCUT2D eigenvalue weighted by Crippen LogP contribution is -2.48. The van der Waals surface area contributed by atoms with Gasteiger partial charge in [0.1, 0.15) is 19.3 Å². The molecule has 2 heterocycles. The van der Waals surface area contributed by atoms with Crippen LogP contribution < -0.4 is 14.8 Å². The minimum Gasteiger partial charge on any atom is -0.486 e. The number of nitrogens with one attached hydrogen (secondary N) is 1. The number of carbonyl (C=O) groups excluding carboxylic acids is 2. The van der Waals surface area contributed by atoms with Crippen molar-refractivity contribution in [1.29, 1.82) is 0 Å². The van der Waals surface area contributed by atoms with Crippen molar-refractivity contribution in [3.8, 4) is 11.5 Å². The zero-order valence-electron chi connectivity index (χ0n) is 17.6. The molecule has 1 N–H and O–H groups in total. The molecule has 0 bridgehead atoms. The summed E-state index contributed by atoms with van der Waals surface area (Å²) in [5, 5.41) is 3.01. The van der Waals surface area contributed by atoms with E-state index in [-0.39, 0.29) is 11.8 Å². The molecule has 0 aliphatic carbocycles. The smallest absolute Gasteiger partial charge is 0.245 e. The van der Waals surface area contributed by atoms with E-state index in [4.69, 9.17) is 9.47 Å². The first-order valence-corrected chi connectivity index (χ1v) is 11.1. The third-order valence-electron chi connectivity index (χ3n) is 5.60. The number of unbranched alkanes of at least 4 members (excludes halogenated alkanes) is 4. The van der Waals surface area contributed by atoms with Crippen LogP contribution in [0.15, 0.2) is 18.2 Å². The van der Waals surface area contributed by atoms with E-state index >= 15 is 0 Å². The van der Waals surface area contributed by atoms with Crippen LogP contribution in [0.4, 0.5) is 0 Å². The first-order valence-electron chi connectivity index (χ1n) is 11.1. The van der Waals surface area contributed by atoms with Crippen LogP contribution in [0.25, 0.3) is 0 Å². The Labute approximate surface area is 173 Å². The summed E-state index contributed by atoms with van der Waals surface area (Å²) < 4.78 is 11.2. The van der Waals surface area contributed by atoms with E-state index in [1.165, 1.54) is 12.8 Å². The largest absolute Gasteiger partial charge is 0.486 e. The summed E-state index contributed by atoms with van der Waals surface area (Å²) in [6.45, 7) is 4.82. The second-order valence-electron chi connectivity index (χ2n) is 8.00. The minimum absolute atomic E-state index is 0.0247. The molecule has 1 fully saturated rings. The van der Waals surface area contributed by atoms with Crippen molar-refractivity contribution in [2.75, 3.05) is 26.3 Å². The molecule has 0 saturated carbocycles. The number of rotatable bonds is 10. The molecule has 29 heavy (non-hydrogen) atoms. The Kier molecular flexibility index (Phi) is 8.20. The van der Waals surface area contributed by atoms with E-state index in [9.17, 15) is 9.59 Å². The van der Waals surface area contributed by atoms with Crippen molar-refractivity contribution in [3.05, 3.63) is 23.8 Å². The van der Waals surface area contributed by atoms with Crippen molar-refractivity contribution in [2.24, 2.45) is 0 Å². The number of likely N-dealkylation sites (tertiary alicyclic amines) is 1. The van der Waals surface area contributed by atoms with E-state index in [0.717, 1.165) is 56.5 Å². The second-order valence-corrected chi connectivity index (χ2v) is 8.00. The van der Waals surface area contributed by atoms with Crippen LogP contribution in [0.3, 0.4) is 0 Å². The molecule has 2 aliphatic rings. The van der Waals surface area contributed by atoms with E-state index in [0.29, 0.717) is 31.8 Å². The fourth-order valence-electron chi connectivity index (χ4n) is 3.96. The van der Waals surface area contributed by atoms with Gasteiger partial charge in [0.15, 0.2) is 11.5 Å². The molecule has 1 saturated heterocycles. The van der Waals surface area contributed by atoms with Gasteiger partial charge >= 0.3 is 0 Å². The average Bonchev–Trinajstić information content (AvgIpc) is 3.27. The normalized spacial score (nSPS) is 16.5. The average molecular weight is 403 g/mol. The van der Waals surface area contributed by atoms with Gasteiger partial charge in [-0.15, -0.1) is 0 Å². The first-order chi connectivity index (χ1) is 14.2. The maximum Gasteiger partial charge on any atom is 0.245 e. The molecule has 6 heteroatoms. The summed E-state index contributed by atoms with van der Waals surface area (Å²) in [6.07, 6.45) is 8.52. The summed E-state index contributed by atoms with van der Waals surface area (Å²) in [4.78, 5) is 27.4. The molecule has 0 unspecified atom stereocenters. The summed E-state index contributed by atoms with van der Waals surface area (Å²) >= 11 is 0.